The number of aromatic nitrogens is 4. The smallest absolute Gasteiger partial charge is 0.230 e. The van der Waals surface area contributed by atoms with Crippen molar-refractivity contribution in [2.75, 3.05) is 18.9 Å². The lowest BCUT2D eigenvalue weighted by Crippen LogP contribution is -2.32. The number of thioether (sulfide) groups is 1. The Morgan fingerprint density at radius 3 is 3.04 bits per heavy atom. The van der Waals surface area contributed by atoms with Gasteiger partial charge in [0.25, 0.3) is 0 Å². The Morgan fingerprint density at radius 1 is 1.27 bits per heavy atom. The number of benzene rings is 2. The van der Waals surface area contributed by atoms with Crippen LogP contribution in [0.2, 0.25) is 0 Å². The largest absolute Gasteiger partial charge is 0.376 e. The van der Waals surface area contributed by atoms with Gasteiger partial charge >= 0.3 is 0 Å². The first-order chi connectivity index (χ1) is 12.8. The molecular formula is C18H19N5O2S. The SMILES string of the molecule is O=C(CSc1nnnn1-c1cccc2ccccc12)NC[C@@H]1CCCO1. The van der Waals surface area contributed by atoms with Gasteiger partial charge in [-0.05, 0) is 34.7 Å². The van der Waals surface area contributed by atoms with Gasteiger partial charge in [0.1, 0.15) is 0 Å². The van der Waals surface area contributed by atoms with Crippen molar-refractivity contribution in [3.63, 3.8) is 0 Å². The van der Waals surface area contributed by atoms with Crippen molar-refractivity contribution in [2.24, 2.45) is 0 Å². The minimum absolute atomic E-state index is 0.0435. The van der Waals surface area contributed by atoms with Gasteiger partial charge in [-0.2, -0.15) is 4.68 Å². The predicted octanol–water partition coefficient (Wildman–Crippen LogP) is 2.20. The Morgan fingerprint density at radius 2 is 2.15 bits per heavy atom. The number of hydrogen-bond acceptors (Lipinski definition) is 6. The maximum absolute atomic E-state index is 12.1. The van der Waals surface area contributed by atoms with Crippen LogP contribution in [0.15, 0.2) is 47.6 Å². The summed E-state index contributed by atoms with van der Waals surface area (Å²) in [7, 11) is 0. The Balaban J connectivity index is 1.44. The number of carbonyl (C=O) groups excluding carboxylic acids is 1. The monoisotopic (exact) mass is 369 g/mol. The van der Waals surface area contributed by atoms with Gasteiger partial charge in [0, 0.05) is 18.5 Å². The summed E-state index contributed by atoms with van der Waals surface area (Å²) in [5.74, 6) is 0.218. The molecule has 0 unspecified atom stereocenters. The molecule has 1 amide bonds. The van der Waals surface area contributed by atoms with Gasteiger partial charge in [-0.25, -0.2) is 0 Å². The molecule has 1 fully saturated rings. The van der Waals surface area contributed by atoms with Crippen molar-refractivity contribution < 1.29 is 9.53 Å². The summed E-state index contributed by atoms with van der Waals surface area (Å²) in [5, 5.41) is 17.6. The topological polar surface area (TPSA) is 81.9 Å². The van der Waals surface area contributed by atoms with E-state index < -0.39 is 0 Å². The van der Waals surface area contributed by atoms with E-state index in [1.807, 2.05) is 30.3 Å². The van der Waals surface area contributed by atoms with E-state index in [-0.39, 0.29) is 17.8 Å². The first-order valence-corrected chi connectivity index (χ1v) is 9.57. The van der Waals surface area contributed by atoms with E-state index in [0.717, 1.165) is 35.9 Å². The average molecular weight is 369 g/mol. The first kappa shape index (κ1) is 17.0. The summed E-state index contributed by atoms with van der Waals surface area (Å²) in [6.45, 7) is 1.35. The van der Waals surface area contributed by atoms with Crippen LogP contribution < -0.4 is 5.32 Å². The lowest BCUT2D eigenvalue weighted by atomic mass is 10.1. The van der Waals surface area contributed by atoms with Gasteiger partial charge in [-0.1, -0.05) is 48.2 Å². The predicted molar refractivity (Wildman–Crippen MR) is 99.4 cm³/mol. The molecule has 0 saturated carbocycles. The molecule has 134 valence electrons. The zero-order chi connectivity index (χ0) is 17.8. The van der Waals surface area contributed by atoms with Crippen molar-refractivity contribution in [3.05, 3.63) is 42.5 Å². The summed E-state index contributed by atoms with van der Waals surface area (Å²) in [4.78, 5) is 12.1. The maximum Gasteiger partial charge on any atom is 0.230 e. The lowest BCUT2D eigenvalue weighted by Gasteiger charge is -2.11. The van der Waals surface area contributed by atoms with E-state index in [1.165, 1.54) is 11.8 Å². The molecule has 7 nitrogen and oxygen atoms in total. The highest BCUT2D eigenvalue weighted by molar-refractivity contribution is 7.99. The quantitative estimate of drug-likeness (QED) is 0.671. The number of ether oxygens (including phenoxy) is 1. The second kappa shape index (κ2) is 7.84. The zero-order valence-corrected chi connectivity index (χ0v) is 15.0. The summed E-state index contributed by atoms with van der Waals surface area (Å²) in [6.07, 6.45) is 2.21. The Kier molecular flexibility index (Phi) is 5.12. The molecule has 1 atom stereocenters. The Hall–Kier alpha value is -2.45. The van der Waals surface area contributed by atoms with Crippen molar-refractivity contribution in [2.45, 2.75) is 24.1 Å². The number of amides is 1. The van der Waals surface area contributed by atoms with Gasteiger partial charge in [0.05, 0.1) is 17.5 Å². The fourth-order valence-electron chi connectivity index (χ4n) is 3.03. The summed E-state index contributed by atoms with van der Waals surface area (Å²) in [6, 6.07) is 14.1. The van der Waals surface area contributed by atoms with Crippen LogP contribution in [0.1, 0.15) is 12.8 Å². The molecule has 0 bridgehead atoms. The minimum atomic E-state index is -0.0435. The molecule has 26 heavy (non-hydrogen) atoms. The minimum Gasteiger partial charge on any atom is -0.376 e. The fraction of sp³-hybridized carbons (Fsp3) is 0.333. The van der Waals surface area contributed by atoms with Crippen LogP contribution in [0.25, 0.3) is 16.5 Å². The van der Waals surface area contributed by atoms with Crippen LogP contribution in [0.3, 0.4) is 0 Å². The molecule has 1 aromatic heterocycles. The van der Waals surface area contributed by atoms with Crippen LogP contribution in [0, 0.1) is 0 Å². The Labute approximate surface area is 155 Å². The normalized spacial score (nSPS) is 16.8. The number of tetrazole rings is 1. The molecule has 3 aromatic rings. The maximum atomic E-state index is 12.1. The molecule has 1 N–H and O–H groups in total. The molecule has 2 aromatic carbocycles. The van der Waals surface area contributed by atoms with Crippen LogP contribution in [0.4, 0.5) is 0 Å². The highest BCUT2D eigenvalue weighted by atomic mass is 32.2. The number of rotatable bonds is 6. The fourth-order valence-corrected chi connectivity index (χ4v) is 3.74. The molecule has 2 heterocycles. The Bertz CT molecular complexity index is 902. The number of hydrogen-bond donors (Lipinski definition) is 1. The third-order valence-electron chi connectivity index (χ3n) is 4.32. The van der Waals surface area contributed by atoms with Crippen LogP contribution in [0.5, 0.6) is 0 Å². The van der Waals surface area contributed by atoms with Gasteiger partial charge in [0.2, 0.25) is 11.1 Å². The van der Waals surface area contributed by atoms with Crippen molar-refractivity contribution in [3.8, 4) is 5.69 Å². The van der Waals surface area contributed by atoms with Crippen molar-refractivity contribution in [1.29, 1.82) is 0 Å². The van der Waals surface area contributed by atoms with Crippen molar-refractivity contribution >= 4 is 28.4 Å². The number of nitrogens with one attached hydrogen (secondary N) is 1. The van der Waals surface area contributed by atoms with E-state index in [9.17, 15) is 4.79 Å². The number of fused-ring (bicyclic) bond motifs is 1. The standard InChI is InChI=1S/C18H19N5O2S/c24-17(19-11-14-7-4-10-25-14)12-26-18-20-21-22-23(18)16-9-3-6-13-5-1-2-8-15(13)16/h1-3,5-6,8-9,14H,4,7,10-12H2,(H,19,24)/t14-/m0/s1. The van der Waals surface area contributed by atoms with Gasteiger partial charge in [-0.15, -0.1) is 5.10 Å². The summed E-state index contributed by atoms with van der Waals surface area (Å²) in [5.41, 5.74) is 0.898. The zero-order valence-electron chi connectivity index (χ0n) is 14.2. The molecule has 4 rings (SSSR count). The molecule has 1 aliphatic heterocycles. The first-order valence-electron chi connectivity index (χ1n) is 8.59. The van der Waals surface area contributed by atoms with Crippen molar-refractivity contribution in [1.82, 2.24) is 25.5 Å². The molecule has 0 aliphatic carbocycles. The molecular weight excluding hydrogens is 350 g/mol. The van der Waals surface area contributed by atoms with E-state index >= 15 is 0 Å². The lowest BCUT2D eigenvalue weighted by molar-refractivity contribution is -0.119. The second-order valence-electron chi connectivity index (χ2n) is 6.10. The van der Waals surface area contributed by atoms with E-state index in [2.05, 4.69) is 33.0 Å². The van der Waals surface area contributed by atoms with Crippen LogP contribution >= 0.6 is 11.8 Å². The third kappa shape index (κ3) is 3.71. The highest BCUT2D eigenvalue weighted by Gasteiger charge is 2.17. The van der Waals surface area contributed by atoms with Crippen LogP contribution in [-0.4, -0.2) is 51.1 Å². The molecule has 0 spiro atoms. The molecule has 0 radical (unpaired) electrons. The number of carbonyl (C=O) groups is 1. The molecule has 8 heteroatoms. The van der Waals surface area contributed by atoms with E-state index in [1.54, 1.807) is 4.68 Å². The molecule has 1 aliphatic rings. The summed E-state index contributed by atoms with van der Waals surface area (Å²) < 4.78 is 7.19. The van der Waals surface area contributed by atoms with E-state index in [0.29, 0.717) is 11.7 Å². The van der Waals surface area contributed by atoms with Gasteiger partial charge < -0.3 is 10.1 Å². The van der Waals surface area contributed by atoms with Gasteiger partial charge in [-0.3, -0.25) is 4.79 Å². The van der Waals surface area contributed by atoms with E-state index in [4.69, 9.17) is 4.74 Å². The average Bonchev–Trinajstić information content (AvgIpc) is 3.36. The van der Waals surface area contributed by atoms with Crippen LogP contribution in [-0.2, 0) is 9.53 Å². The second-order valence-corrected chi connectivity index (χ2v) is 7.04. The summed E-state index contributed by atoms with van der Waals surface area (Å²) >= 11 is 1.32. The third-order valence-corrected chi connectivity index (χ3v) is 5.24. The highest BCUT2D eigenvalue weighted by Crippen LogP contribution is 2.25. The van der Waals surface area contributed by atoms with Gasteiger partial charge in [0.15, 0.2) is 0 Å². The molecule has 1 saturated heterocycles. The number of nitrogens with zero attached hydrogens (tertiary/aromatic N) is 4.